The summed E-state index contributed by atoms with van der Waals surface area (Å²) >= 11 is 0.934. The molecule has 134 valence electrons. The molecule has 2 heterocycles. The fraction of sp³-hybridized carbons (Fsp3) is 0.211. The molecule has 1 aromatic heterocycles. The van der Waals surface area contributed by atoms with Crippen LogP contribution >= 0.6 is 11.8 Å². The Labute approximate surface area is 155 Å². The van der Waals surface area contributed by atoms with Crippen LogP contribution in [0, 0.1) is 13.8 Å². The summed E-state index contributed by atoms with van der Waals surface area (Å²) in [5.74, 6) is -0.691. The highest BCUT2D eigenvalue weighted by Gasteiger charge is 2.32. The van der Waals surface area contributed by atoms with Crippen LogP contribution in [0.3, 0.4) is 0 Å². The molecular weight excluding hydrogens is 352 g/mol. The molecule has 0 bridgehead atoms. The topological polar surface area (TPSA) is 68.6 Å². The predicted octanol–water partition coefficient (Wildman–Crippen LogP) is 3.55. The number of thioether (sulfide) groups is 1. The first-order valence-electron chi connectivity index (χ1n) is 7.92. The molecule has 0 aliphatic carbocycles. The van der Waals surface area contributed by atoms with Gasteiger partial charge in [0.2, 0.25) is 0 Å². The van der Waals surface area contributed by atoms with Gasteiger partial charge in [-0.15, -0.1) is 0 Å². The molecule has 0 spiro atoms. The van der Waals surface area contributed by atoms with E-state index in [0.717, 1.165) is 39.3 Å². The van der Waals surface area contributed by atoms with E-state index in [-0.39, 0.29) is 11.1 Å². The molecule has 0 unspecified atom stereocenters. The van der Waals surface area contributed by atoms with Crippen molar-refractivity contribution in [2.75, 3.05) is 14.2 Å². The number of aromatic nitrogens is 1. The van der Waals surface area contributed by atoms with Crippen molar-refractivity contribution in [2.45, 2.75) is 13.8 Å². The molecule has 1 aliphatic heterocycles. The number of carbonyl (C=O) groups is 3. The van der Waals surface area contributed by atoms with Gasteiger partial charge in [0.05, 0.1) is 17.6 Å². The molecule has 26 heavy (non-hydrogen) atoms. The minimum Gasteiger partial charge on any atom is -0.465 e. The summed E-state index contributed by atoms with van der Waals surface area (Å²) in [7, 11) is 2.82. The maximum atomic E-state index is 12.1. The van der Waals surface area contributed by atoms with E-state index >= 15 is 0 Å². The van der Waals surface area contributed by atoms with Crippen molar-refractivity contribution >= 4 is 35.0 Å². The number of aryl methyl sites for hydroxylation is 1. The van der Waals surface area contributed by atoms with Crippen LogP contribution in [0.25, 0.3) is 11.8 Å². The molecule has 1 aliphatic rings. The van der Waals surface area contributed by atoms with E-state index in [9.17, 15) is 14.4 Å². The fourth-order valence-electron chi connectivity index (χ4n) is 2.91. The van der Waals surface area contributed by atoms with Crippen LogP contribution < -0.4 is 0 Å². The van der Waals surface area contributed by atoms with E-state index in [2.05, 4.69) is 0 Å². The number of hydrogen-bond donors (Lipinski definition) is 0. The summed E-state index contributed by atoms with van der Waals surface area (Å²) in [6, 6.07) is 9.10. The number of imide groups is 1. The van der Waals surface area contributed by atoms with E-state index in [1.54, 1.807) is 24.3 Å². The monoisotopic (exact) mass is 370 g/mol. The number of likely N-dealkylation sites (N-methyl/N-ethyl adjacent to an activating group) is 1. The molecular formula is C19H18N2O4S. The fourth-order valence-corrected chi connectivity index (χ4v) is 3.73. The van der Waals surface area contributed by atoms with Crippen LogP contribution in [-0.2, 0) is 9.53 Å². The Morgan fingerprint density at radius 3 is 2.54 bits per heavy atom. The first-order chi connectivity index (χ1) is 12.3. The zero-order valence-electron chi connectivity index (χ0n) is 14.9. The zero-order chi connectivity index (χ0) is 19.0. The molecule has 0 saturated carbocycles. The van der Waals surface area contributed by atoms with Gasteiger partial charge in [-0.25, -0.2) is 4.79 Å². The van der Waals surface area contributed by atoms with E-state index in [0.29, 0.717) is 10.5 Å². The Bertz CT molecular complexity index is 958. The van der Waals surface area contributed by atoms with Gasteiger partial charge < -0.3 is 9.30 Å². The van der Waals surface area contributed by atoms with Gasteiger partial charge in [0.1, 0.15) is 0 Å². The number of ether oxygens (including phenoxy) is 1. The zero-order valence-corrected chi connectivity index (χ0v) is 15.7. The number of amides is 2. The normalized spacial score (nSPS) is 15.8. The molecule has 1 aromatic carbocycles. The highest BCUT2D eigenvalue weighted by Crippen LogP contribution is 2.32. The molecule has 0 N–H and O–H groups in total. The molecule has 1 fully saturated rings. The second-order valence-corrected chi connectivity index (χ2v) is 6.94. The maximum Gasteiger partial charge on any atom is 0.337 e. The lowest BCUT2D eigenvalue weighted by molar-refractivity contribution is -0.121. The second-order valence-electron chi connectivity index (χ2n) is 5.94. The van der Waals surface area contributed by atoms with E-state index in [1.165, 1.54) is 14.2 Å². The number of esters is 1. The van der Waals surface area contributed by atoms with Crippen LogP contribution in [0.2, 0.25) is 0 Å². The first-order valence-corrected chi connectivity index (χ1v) is 8.74. The average Bonchev–Trinajstić information content (AvgIpc) is 3.04. The van der Waals surface area contributed by atoms with Gasteiger partial charge in [-0.3, -0.25) is 14.5 Å². The largest absolute Gasteiger partial charge is 0.465 e. The van der Waals surface area contributed by atoms with Crippen molar-refractivity contribution in [1.29, 1.82) is 0 Å². The highest BCUT2D eigenvalue weighted by molar-refractivity contribution is 8.18. The molecule has 6 nitrogen and oxygen atoms in total. The van der Waals surface area contributed by atoms with Crippen molar-refractivity contribution in [3.05, 3.63) is 57.8 Å². The van der Waals surface area contributed by atoms with Crippen molar-refractivity contribution in [3.63, 3.8) is 0 Å². The van der Waals surface area contributed by atoms with Crippen LogP contribution in [-0.4, -0.2) is 40.7 Å². The lowest BCUT2D eigenvalue weighted by Gasteiger charge is -2.11. The molecule has 3 rings (SSSR count). The Kier molecular flexibility index (Phi) is 4.73. The van der Waals surface area contributed by atoms with Gasteiger partial charge in [-0.2, -0.15) is 0 Å². The van der Waals surface area contributed by atoms with Crippen molar-refractivity contribution < 1.29 is 19.1 Å². The average molecular weight is 370 g/mol. The van der Waals surface area contributed by atoms with Gasteiger partial charge in [0.25, 0.3) is 11.1 Å². The lowest BCUT2D eigenvalue weighted by Crippen LogP contribution is -2.22. The van der Waals surface area contributed by atoms with Crippen molar-refractivity contribution in [2.24, 2.45) is 0 Å². The standard InChI is InChI=1S/C19H18N2O4S/c1-11-8-14(10-16-17(22)20(3)19(24)26-16)12(2)21(11)15-7-5-6-13(9-15)18(23)25-4/h5-10H,1-4H3/b16-10-. The molecule has 0 radical (unpaired) electrons. The van der Waals surface area contributed by atoms with E-state index in [4.69, 9.17) is 4.74 Å². The summed E-state index contributed by atoms with van der Waals surface area (Å²) < 4.78 is 6.77. The van der Waals surface area contributed by atoms with Gasteiger partial charge >= 0.3 is 5.97 Å². The predicted molar refractivity (Wildman–Crippen MR) is 100 cm³/mol. The minimum absolute atomic E-state index is 0.277. The smallest absolute Gasteiger partial charge is 0.337 e. The lowest BCUT2D eigenvalue weighted by atomic mass is 10.2. The van der Waals surface area contributed by atoms with Crippen LogP contribution in [0.5, 0.6) is 0 Å². The SMILES string of the molecule is COC(=O)c1cccc(-n2c(C)cc(/C=C3\SC(=O)N(C)C3=O)c2C)c1. The van der Waals surface area contributed by atoms with E-state index in [1.807, 2.05) is 30.5 Å². The number of methoxy groups -OCH3 is 1. The third kappa shape index (κ3) is 3.06. The summed E-state index contributed by atoms with van der Waals surface area (Å²) in [6.07, 6.45) is 1.73. The summed E-state index contributed by atoms with van der Waals surface area (Å²) in [5.41, 5.74) is 4.00. The first kappa shape index (κ1) is 18.0. The summed E-state index contributed by atoms with van der Waals surface area (Å²) in [4.78, 5) is 37.1. The molecule has 2 amide bonds. The molecule has 7 heteroatoms. The number of carbonyl (C=O) groups excluding carboxylic acids is 3. The number of rotatable bonds is 3. The highest BCUT2D eigenvalue weighted by atomic mass is 32.2. The third-order valence-corrected chi connectivity index (χ3v) is 5.23. The van der Waals surface area contributed by atoms with Gasteiger partial charge in [0, 0.05) is 24.1 Å². The van der Waals surface area contributed by atoms with Crippen LogP contribution in [0.1, 0.15) is 27.3 Å². The van der Waals surface area contributed by atoms with Crippen molar-refractivity contribution in [3.8, 4) is 5.69 Å². The van der Waals surface area contributed by atoms with Gasteiger partial charge in [-0.1, -0.05) is 6.07 Å². The Hall–Kier alpha value is -2.80. The van der Waals surface area contributed by atoms with Gasteiger partial charge in [0.15, 0.2) is 0 Å². The Morgan fingerprint density at radius 1 is 1.19 bits per heavy atom. The van der Waals surface area contributed by atoms with Crippen molar-refractivity contribution in [1.82, 2.24) is 9.47 Å². The Morgan fingerprint density at radius 2 is 1.92 bits per heavy atom. The summed E-state index contributed by atoms with van der Waals surface area (Å²) in [6.45, 7) is 3.88. The van der Waals surface area contributed by atoms with Crippen LogP contribution in [0.4, 0.5) is 4.79 Å². The molecule has 1 saturated heterocycles. The van der Waals surface area contributed by atoms with Gasteiger partial charge in [-0.05, 0) is 61.5 Å². The quantitative estimate of drug-likeness (QED) is 0.610. The number of benzene rings is 1. The van der Waals surface area contributed by atoms with Crippen LogP contribution in [0.15, 0.2) is 35.2 Å². The molecule has 2 aromatic rings. The maximum absolute atomic E-state index is 12.1. The number of nitrogens with zero attached hydrogens (tertiary/aromatic N) is 2. The second kappa shape index (κ2) is 6.84. The Balaban J connectivity index is 2.04. The molecule has 0 atom stereocenters. The van der Waals surface area contributed by atoms with E-state index < -0.39 is 5.97 Å². The third-order valence-electron chi connectivity index (χ3n) is 4.27. The minimum atomic E-state index is -0.397. The number of hydrogen-bond acceptors (Lipinski definition) is 5. The summed E-state index contributed by atoms with van der Waals surface area (Å²) in [5, 5.41) is -0.277.